The lowest BCUT2D eigenvalue weighted by atomic mass is 10.3. The number of aromatic amines is 1. The van der Waals surface area contributed by atoms with Crippen LogP contribution in [0.1, 0.15) is 27.9 Å². The monoisotopic (exact) mass is 329 g/mol. The Kier molecular flexibility index (Phi) is 4.45. The highest BCUT2D eigenvalue weighted by molar-refractivity contribution is 7.89. The molecule has 0 saturated carbocycles. The second-order valence-electron chi connectivity index (χ2n) is 4.34. The van der Waals surface area contributed by atoms with Gasteiger partial charge in [-0.3, -0.25) is 5.10 Å². The third-order valence-electron chi connectivity index (χ3n) is 2.98. The first-order chi connectivity index (χ1) is 9.87. The number of aryl methyl sites for hydroxylation is 1. The fraction of sp³-hybridized carbons (Fsp3) is 0.333. The Hall–Kier alpha value is -1.71. The van der Waals surface area contributed by atoms with Gasteiger partial charge in [0.05, 0.1) is 0 Å². The van der Waals surface area contributed by atoms with Gasteiger partial charge in [-0.25, -0.2) is 13.2 Å². The molecular weight excluding hydrogens is 314 g/mol. The van der Waals surface area contributed by atoms with Crippen LogP contribution in [-0.2, 0) is 16.6 Å². The van der Waals surface area contributed by atoms with E-state index in [0.717, 1.165) is 4.88 Å². The molecule has 0 aromatic carbocycles. The molecule has 0 spiro atoms. The van der Waals surface area contributed by atoms with Crippen molar-refractivity contribution >= 4 is 27.3 Å². The van der Waals surface area contributed by atoms with Gasteiger partial charge < -0.3 is 5.11 Å². The Labute approximate surface area is 126 Å². The van der Waals surface area contributed by atoms with Crippen molar-refractivity contribution < 1.29 is 18.3 Å². The lowest BCUT2D eigenvalue weighted by molar-refractivity contribution is 0.0691. The molecule has 0 aliphatic carbocycles. The van der Waals surface area contributed by atoms with Crippen LogP contribution in [0.4, 0.5) is 0 Å². The zero-order valence-electron chi connectivity index (χ0n) is 11.5. The number of H-pyrrole nitrogens is 1. The van der Waals surface area contributed by atoms with Crippen LogP contribution in [0.5, 0.6) is 0 Å². The van der Waals surface area contributed by atoms with E-state index in [-0.39, 0.29) is 24.3 Å². The summed E-state index contributed by atoms with van der Waals surface area (Å²) in [7, 11) is -3.97. The van der Waals surface area contributed by atoms with Crippen molar-refractivity contribution in [2.45, 2.75) is 25.4 Å². The molecule has 0 radical (unpaired) electrons. The van der Waals surface area contributed by atoms with E-state index in [1.54, 1.807) is 6.92 Å². The maximum absolute atomic E-state index is 12.6. The van der Waals surface area contributed by atoms with Crippen molar-refractivity contribution in [3.05, 3.63) is 33.6 Å². The summed E-state index contributed by atoms with van der Waals surface area (Å²) < 4.78 is 26.4. The van der Waals surface area contributed by atoms with E-state index in [1.807, 2.05) is 17.5 Å². The SMILES string of the molecule is CCN(Cc1cccs1)S(=O)(=O)c1n[nH]c(C)c1C(=O)O. The van der Waals surface area contributed by atoms with Gasteiger partial charge in [-0.15, -0.1) is 11.3 Å². The summed E-state index contributed by atoms with van der Waals surface area (Å²) in [6.07, 6.45) is 0. The van der Waals surface area contributed by atoms with Crippen molar-refractivity contribution in [2.24, 2.45) is 0 Å². The van der Waals surface area contributed by atoms with E-state index < -0.39 is 21.0 Å². The van der Waals surface area contributed by atoms with Gasteiger partial charge in [-0.1, -0.05) is 13.0 Å². The molecule has 114 valence electrons. The van der Waals surface area contributed by atoms with E-state index >= 15 is 0 Å². The Morgan fingerprint density at radius 3 is 2.76 bits per heavy atom. The van der Waals surface area contributed by atoms with E-state index in [4.69, 9.17) is 5.11 Å². The summed E-state index contributed by atoms with van der Waals surface area (Å²) >= 11 is 1.44. The minimum Gasteiger partial charge on any atom is -0.478 e. The van der Waals surface area contributed by atoms with E-state index in [0.29, 0.717) is 0 Å². The van der Waals surface area contributed by atoms with Gasteiger partial charge in [0.1, 0.15) is 5.56 Å². The lowest BCUT2D eigenvalue weighted by Gasteiger charge is -2.18. The Balaban J connectivity index is 2.42. The van der Waals surface area contributed by atoms with Crippen LogP contribution in [0.3, 0.4) is 0 Å². The number of hydrogen-bond donors (Lipinski definition) is 2. The summed E-state index contributed by atoms with van der Waals surface area (Å²) in [6.45, 7) is 3.60. The highest BCUT2D eigenvalue weighted by atomic mass is 32.2. The van der Waals surface area contributed by atoms with Crippen molar-refractivity contribution in [2.75, 3.05) is 6.54 Å². The molecule has 2 rings (SSSR count). The average Bonchev–Trinajstić information content (AvgIpc) is 3.04. The number of nitrogens with one attached hydrogen (secondary N) is 1. The molecule has 7 nitrogen and oxygen atoms in total. The first-order valence-corrected chi connectivity index (χ1v) is 8.50. The summed E-state index contributed by atoms with van der Waals surface area (Å²) in [4.78, 5) is 12.1. The van der Waals surface area contributed by atoms with Crippen LogP contribution in [0.25, 0.3) is 0 Å². The highest BCUT2D eigenvalue weighted by Gasteiger charge is 2.32. The van der Waals surface area contributed by atoms with Gasteiger partial charge >= 0.3 is 5.97 Å². The number of carbonyl (C=O) groups is 1. The molecule has 2 N–H and O–H groups in total. The van der Waals surface area contributed by atoms with Gasteiger partial charge in [-0.2, -0.15) is 9.40 Å². The molecule has 0 atom stereocenters. The molecule has 2 heterocycles. The average molecular weight is 329 g/mol. The first kappa shape index (κ1) is 15.7. The van der Waals surface area contributed by atoms with E-state index in [9.17, 15) is 13.2 Å². The molecule has 0 saturated heterocycles. The summed E-state index contributed by atoms with van der Waals surface area (Å²) in [6, 6.07) is 3.67. The number of aromatic carboxylic acids is 1. The van der Waals surface area contributed by atoms with Crippen molar-refractivity contribution in [1.82, 2.24) is 14.5 Å². The topological polar surface area (TPSA) is 103 Å². The van der Waals surface area contributed by atoms with Gasteiger partial charge in [0.25, 0.3) is 10.0 Å². The molecule has 0 aliphatic rings. The van der Waals surface area contributed by atoms with Crippen LogP contribution in [0.15, 0.2) is 22.5 Å². The number of thiophene rings is 1. The van der Waals surface area contributed by atoms with E-state index in [2.05, 4.69) is 10.2 Å². The quantitative estimate of drug-likeness (QED) is 0.839. The summed E-state index contributed by atoms with van der Waals surface area (Å²) in [5, 5.41) is 16.7. The zero-order chi connectivity index (χ0) is 15.6. The maximum Gasteiger partial charge on any atom is 0.340 e. The number of hydrogen-bond acceptors (Lipinski definition) is 5. The Morgan fingerprint density at radius 2 is 2.24 bits per heavy atom. The van der Waals surface area contributed by atoms with Gasteiger partial charge in [0, 0.05) is 23.7 Å². The molecule has 0 amide bonds. The second-order valence-corrected chi connectivity index (χ2v) is 7.23. The first-order valence-electron chi connectivity index (χ1n) is 6.18. The highest BCUT2D eigenvalue weighted by Crippen LogP contribution is 2.23. The van der Waals surface area contributed by atoms with Crippen LogP contribution >= 0.6 is 11.3 Å². The number of nitrogens with zero attached hydrogens (tertiary/aromatic N) is 2. The zero-order valence-corrected chi connectivity index (χ0v) is 13.2. The van der Waals surface area contributed by atoms with Crippen molar-refractivity contribution in [3.8, 4) is 0 Å². The molecular formula is C12H15N3O4S2. The number of carboxylic acids is 1. The van der Waals surface area contributed by atoms with Gasteiger partial charge in [-0.05, 0) is 18.4 Å². The third-order valence-corrected chi connectivity index (χ3v) is 5.69. The maximum atomic E-state index is 12.6. The number of rotatable bonds is 6. The molecule has 0 fully saturated rings. The number of aromatic nitrogens is 2. The van der Waals surface area contributed by atoms with Crippen molar-refractivity contribution in [3.63, 3.8) is 0 Å². The molecule has 2 aromatic rings. The van der Waals surface area contributed by atoms with Crippen LogP contribution in [-0.4, -0.2) is 40.5 Å². The predicted octanol–water partition coefficient (Wildman–Crippen LogP) is 1.69. The number of sulfonamides is 1. The summed E-state index contributed by atoms with van der Waals surface area (Å²) in [5.74, 6) is -1.31. The normalized spacial score (nSPS) is 12.0. The van der Waals surface area contributed by atoms with Crippen LogP contribution < -0.4 is 0 Å². The minimum atomic E-state index is -3.97. The predicted molar refractivity (Wildman–Crippen MR) is 77.9 cm³/mol. The lowest BCUT2D eigenvalue weighted by Crippen LogP contribution is -2.31. The van der Waals surface area contributed by atoms with Gasteiger partial charge in [0.2, 0.25) is 5.03 Å². The Bertz CT molecular complexity index is 735. The van der Waals surface area contributed by atoms with Crippen molar-refractivity contribution in [1.29, 1.82) is 0 Å². The summed E-state index contributed by atoms with van der Waals surface area (Å²) in [5.41, 5.74) is -0.0899. The molecule has 0 aliphatic heterocycles. The smallest absolute Gasteiger partial charge is 0.340 e. The molecule has 9 heteroatoms. The Morgan fingerprint density at radius 1 is 1.52 bits per heavy atom. The minimum absolute atomic E-state index is 0.196. The molecule has 21 heavy (non-hydrogen) atoms. The third kappa shape index (κ3) is 2.99. The van der Waals surface area contributed by atoms with Crippen LogP contribution in [0.2, 0.25) is 0 Å². The second kappa shape index (κ2) is 5.96. The standard InChI is InChI=1S/C12H15N3O4S2/c1-3-15(7-9-5-4-6-20-9)21(18,19)11-10(12(16)17)8(2)13-14-11/h4-6H,3,7H2,1-2H3,(H,13,14)(H,16,17). The fourth-order valence-electron chi connectivity index (χ4n) is 1.91. The number of carboxylic acid groups (broad SMARTS) is 1. The molecule has 2 aromatic heterocycles. The van der Waals surface area contributed by atoms with E-state index in [1.165, 1.54) is 22.6 Å². The molecule has 0 bridgehead atoms. The van der Waals surface area contributed by atoms with Crippen LogP contribution in [0, 0.1) is 6.92 Å². The van der Waals surface area contributed by atoms with Gasteiger partial charge in [0.15, 0.2) is 0 Å². The largest absolute Gasteiger partial charge is 0.478 e. The fourth-order valence-corrected chi connectivity index (χ4v) is 4.26. The molecule has 0 unspecified atom stereocenters.